The highest BCUT2D eigenvalue weighted by molar-refractivity contribution is 7.99. The van der Waals surface area contributed by atoms with E-state index in [4.69, 9.17) is 5.73 Å². The highest BCUT2D eigenvalue weighted by atomic mass is 32.2. The van der Waals surface area contributed by atoms with E-state index in [1.807, 2.05) is 36.5 Å². The standard InChI is InChI=1S/C19H18N4O3S/c1-2-12-7-3-6-10-15(12)23-17(25)13-8-4-5-9-14(13)21-19(23)27-11-16(24)22-18(20)26/h3-10H,2,11H2,1H3,(H3,20,22,24,26). The van der Waals surface area contributed by atoms with Gasteiger partial charge in [-0.25, -0.2) is 9.78 Å². The number of imide groups is 1. The van der Waals surface area contributed by atoms with E-state index in [9.17, 15) is 14.4 Å². The molecule has 0 unspecified atom stereocenters. The highest BCUT2D eigenvalue weighted by Gasteiger charge is 2.16. The number of hydrogen-bond donors (Lipinski definition) is 2. The summed E-state index contributed by atoms with van der Waals surface area (Å²) in [5, 5.41) is 2.88. The number of carbonyl (C=O) groups excluding carboxylic acids is 2. The Hall–Kier alpha value is -3.13. The van der Waals surface area contributed by atoms with Crippen LogP contribution in [-0.4, -0.2) is 27.2 Å². The molecular formula is C19H18N4O3S. The van der Waals surface area contributed by atoms with Gasteiger partial charge in [0, 0.05) is 0 Å². The molecule has 3 aromatic rings. The molecule has 8 heteroatoms. The molecule has 0 aliphatic heterocycles. The molecule has 0 bridgehead atoms. The molecule has 3 rings (SSSR count). The van der Waals surface area contributed by atoms with Gasteiger partial charge in [-0.2, -0.15) is 0 Å². The fourth-order valence-corrected chi connectivity index (χ4v) is 3.56. The maximum atomic E-state index is 13.2. The number of benzene rings is 2. The second-order valence-corrected chi connectivity index (χ2v) is 6.68. The molecule has 27 heavy (non-hydrogen) atoms. The van der Waals surface area contributed by atoms with E-state index in [0.717, 1.165) is 29.4 Å². The number of aromatic nitrogens is 2. The minimum absolute atomic E-state index is 0.0952. The number of nitrogens with two attached hydrogens (primary N) is 1. The maximum Gasteiger partial charge on any atom is 0.318 e. The van der Waals surface area contributed by atoms with Crippen LogP contribution >= 0.6 is 11.8 Å². The summed E-state index contributed by atoms with van der Waals surface area (Å²) in [5.74, 6) is -0.646. The lowest BCUT2D eigenvalue weighted by Crippen LogP contribution is -2.36. The predicted octanol–water partition coefficient (Wildman–Crippen LogP) is 2.24. The third-order valence-electron chi connectivity index (χ3n) is 3.95. The largest absolute Gasteiger partial charge is 0.351 e. The van der Waals surface area contributed by atoms with Crippen LogP contribution in [-0.2, 0) is 11.2 Å². The van der Waals surface area contributed by atoms with E-state index in [-0.39, 0.29) is 11.3 Å². The molecule has 0 saturated carbocycles. The van der Waals surface area contributed by atoms with Gasteiger partial charge in [0.15, 0.2) is 5.16 Å². The molecule has 3 N–H and O–H groups in total. The summed E-state index contributed by atoms with van der Waals surface area (Å²) in [6, 6.07) is 13.7. The zero-order chi connectivity index (χ0) is 19.4. The summed E-state index contributed by atoms with van der Waals surface area (Å²) in [4.78, 5) is 40.4. The third-order valence-corrected chi connectivity index (χ3v) is 4.89. The van der Waals surface area contributed by atoms with Gasteiger partial charge in [-0.05, 0) is 30.2 Å². The van der Waals surface area contributed by atoms with E-state index in [1.54, 1.807) is 24.3 Å². The monoisotopic (exact) mass is 382 g/mol. The first-order chi connectivity index (χ1) is 13.0. The number of aryl methyl sites for hydroxylation is 1. The zero-order valence-corrected chi connectivity index (χ0v) is 15.5. The van der Waals surface area contributed by atoms with Crippen molar-refractivity contribution in [2.24, 2.45) is 5.73 Å². The number of rotatable bonds is 5. The van der Waals surface area contributed by atoms with Crippen molar-refractivity contribution in [3.8, 4) is 5.69 Å². The summed E-state index contributed by atoms with van der Waals surface area (Å²) in [6.45, 7) is 2.01. The molecule has 0 atom stereocenters. The Kier molecular flexibility index (Phi) is 5.56. The molecular weight excluding hydrogens is 364 g/mol. The normalized spacial score (nSPS) is 10.7. The van der Waals surface area contributed by atoms with Crippen LogP contribution in [0.4, 0.5) is 4.79 Å². The molecule has 0 aliphatic rings. The molecule has 0 fully saturated rings. The summed E-state index contributed by atoms with van der Waals surface area (Å²) in [7, 11) is 0. The zero-order valence-electron chi connectivity index (χ0n) is 14.6. The van der Waals surface area contributed by atoms with Crippen LogP contribution in [0.2, 0.25) is 0 Å². The van der Waals surface area contributed by atoms with Gasteiger partial charge < -0.3 is 5.73 Å². The second-order valence-electron chi connectivity index (χ2n) is 5.74. The Labute approximate surface area is 159 Å². The SMILES string of the molecule is CCc1ccccc1-n1c(SCC(=O)NC(N)=O)nc2ccccc2c1=O. The summed E-state index contributed by atoms with van der Waals surface area (Å²) in [6.07, 6.45) is 0.738. The highest BCUT2D eigenvalue weighted by Crippen LogP contribution is 2.23. The van der Waals surface area contributed by atoms with Crippen molar-refractivity contribution in [2.75, 3.05) is 5.75 Å². The molecule has 3 amide bonds. The van der Waals surface area contributed by atoms with Gasteiger partial charge in [0.2, 0.25) is 5.91 Å². The minimum atomic E-state index is -0.916. The number of carbonyl (C=O) groups is 2. The van der Waals surface area contributed by atoms with Crippen LogP contribution < -0.4 is 16.6 Å². The number of primary amides is 1. The Morgan fingerprint density at radius 2 is 1.85 bits per heavy atom. The fraction of sp³-hybridized carbons (Fsp3) is 0.158. The van der Waals surface area contributed by atoms with Gasteiger partial charge in [-0.1, -0.05) is 49.0 Å². The number of nitrogens with zero attached hydrogens (tertiary/aromatic N) is 2. The van der Waals surface area contributed by atoms with Crippen LogP contribution in [0, 0.1) is 0 Å². The van der Waals surface area contributed by atoms with E-state index in [1.165, 1.54) is 4.57 Å². The number of para-hydroxylation sites is 2. The smallest absolute Gasteiger partial charge is 0.318 e. The Balaban J connectivity index is 2.14. The average molecular weight is 382 g/mol. The third kappa shape index (κ3) is 4.01. The first-order valence-corrected chi connectivity index (χ1v) is 9.32. The van der Waals surface area contributed by atoms with Crippen molar-refractivity contribution in [2.45, 2.75) is 18.5 Å². The summed E-state index contributed by atoms with van der Waals surface area (Å²) in [5.41, 5.74) is 7.02. The number of urea groups is 1. The molecule has 7 nitrogen and oxygen atoms in total. The van der Waals surface area contributed by atoms with Gasteiger partial charge in [0.25, 0.3) is 5.56 Å². The van der Waals surface area contributed by atoms with Crippen LogP contribution in [0.25, 0.3) is 16.6 Å². The van der Waals surface area contributed by atoms with Gasteiger partial charge in [0.05, 0.1) is 22.3 Å². The van der Waals surface area contributed by atoms with E-state index < -0.39 is 11.9 Å². The second kappa shape index (κ2) is 8.05. The van der Waals surface area contributed by atoms with Crippen LogP contribution in [0.5, 0.6) is 0 Å². The molecule has 0 radical (unpaired) electrons. The number of fused-ring (bicyclic) bond motifs is 1. The van der Waals surface area contributed by atoms with Crippen LogP contribution in [0.3, 0.4) is 0 Å². The van der Waals surface area contributed by atoms with Crippen molar-refractivity contribution in [3.63, 3.8) is 0 Å². The molecule has 2 aromatic carbocycles. The molecule has 0 spiro atoms. The first kappa shape index (κ1) is 18.7. The summed E-state index contributed by atoms with van der Waals surface area (Å²) >= 11 is 1.07. The fourth-order valence-electron chi connectivity index (χ4n) is 2.75. The number of nitrogens with one attached hydrogen (secondary N) is 1. The van der Waals surface area contributed by atoms with Gasteiger partial charge in [0.1, 0.15) is 0 Å². The topological polar surface area (TPSA) is 107 Å². The molecule has 0 aliphatic carbocycles. The van der Waals surface area contributed by atoms with E-state index >= 15 is 0 Å². The van der Waals surface area contributed by atoms with Crippen molar-refractivity contribution in [3.05, 3.63) is 64.4 Å². The predicted molar refractivity (Wildman–Crippen MR) is 105 cm³/mol. The van der Waals surface area contributed by atoms with Crippen molar-refractivity contribution in [1.29, 1.82) is 0 Å². The number of hydrogen-bond acceptors (Lipinski definition) is 5. The Bertz CT molecular complexity index is 1080. The van der Waals surface area contributed by atoms with Gasteiger partial charge in [-0.15, -0.1) is 0 Å². The average Bonchev–Trinajstić information content (AvgIpc) is 2.66. The van der Waals surface area contributed by atoms with Crippen LogP contribution in [0.1, 0.15) is 12.5 Å². The number of amides is 3. The lowest BCUT2D eigenvalue weighted by atomic mass is 10.1. The van der Waals surface area contributed by atoms with Gasteiger partial charge in [-0.3, -0.25) is 19.5 Å². The van der Waals surface area contributed by atoms with Crippen molar-refractivity contribution >= 4 is 34.6 Å². The first-order valence-electron chi connectivity index (χ1n) is 8.33. The van der Waals surface area contributed by atoms with Crippen LogP contribution in [0.15, 0.2) is 58.5 Å². The van der Waals surface area contributed by atoms with Crippen molar-refractivity contribution in [1.82, 2.24) is 14.9 Å². The van der Waals surface area contributed by atoms with E-state index in [2.05, 4.69) is 4.98 Å². The Morgan fingerprint density at radius 3 is 2.59 bits per heavy atom. The van der Waals surface area contributed by atoms with Gasteiger partial charge >= 0.3 is 6.03 Å². The van der Waals surface area contributed by atoms with Crippen molar-refractivity contribution < 1.29 is 9.59 Å². The molecule has 1 aromatic heterocycles. The Morgan fingerprint density at radius 1 is 1.15 bits per heavy atom. The lowest BCUT2D eigenvalue weighted by molar-refractivity contribution is -0.117. The lowest BCUT2D eigenvalue weighted by Gasteiger charge is -2.15. The minimum Gasteiger partial charge on any atom is -0.351 e. The molecule has 138 valence electrons. The quantitative estimate of drug-likeness (QED) is 0.520. The van der Waals surface area contributed by atoms with E-state index in [0.29, 0.717) is 16.1 Å². The summed E-state index contributed by atoms with van der Waals surface area (Å²) < 4.78 is 1.52. The molecule has 1 heterocycles. The maximum absolute atomic E-state index is 13.2. The number of thioether (sulfide) groups is 1. The molecule has 0 saturated heterocycles.